The fourth-order valence-corrected chi connectivity index (χ4v) is 2.30. The molecule has 1 heterocycles. The predicted octanol–water partition coefficient (Wildman–Crippen LogP) is 3.25. The standard InChI is InChI=1S/C17H14N4O4/c1-11-14(17(23)20(19-11)12-5-3-2-4-6-12)10-18-15-8-7-13(21(24)25)9-16(15)22/h2-10,22-23H,1H3/b18-10+. The number of aromatic nitrogens is 2. The topological polar surface area (TPSA) is 114 Å². The molecule has 0 aliphatic carbocycles. The highest BCUT2D eigenvalue weighted by Gasteiger charge is 2.14. The Bertz CT molecular complexity index is 964. The van der Waals surface area contributed by atoms with Gasteiger partial charge >= 0.3 is 0 Å². The van der Waals surface area contributed by atoms with Crippen molar-refractivity contribution in [1.82, 2.24) is 9.78 Å². The molecule has 8 heteroatoms. The van der Waals surface area contributed by atoms with Gasteiger partial charge in [-0.2, -0.15) is 5.10 Å². The molecule has 0 unspecified atom stereocenters. The molecule has 126 valence electrons. The minimum absolute atomic E-state index is 0.0890. The number of rotatable bonds is 4. The molecule has 0 saturated heterocycles. The number of aliphatic imine (C=N–C) groups is 1. The zero-order valence-corrected chi connectivity index (χ0v) is 13.2. The number of phenols is 1. The summed E-state index contributed by atoms with van der Waals surface area (Å²) in [4.78, 5) is 14.2. The summed E-state index contributed by atoms with van der Waals surface area (Å²) in [5.74, 6) is -0.410. The van der Waals surface area contributed by atoms with Crippen molar-refractivity contribution in [3.63, 3.8) is 0 Å². The fourth-order valence-electron chi connectivity index (χ4n) is 2.30. The third-order valence-corrected chi connectivity index (χ3v) is 3.58. The largest absolute Gasteiger partial charge is 0.505 e. The summed E-state index contributed by atoms with van der Waals surface area (Å²) in [5.41, 5.74) is 1.55. The Morgan fingerprint density at radius 2 is 1.92 bits per heavy atom. The molecule has 0 spiro atoms. The van der Waals surface area contributed by atoms with E-state index in [1.165, 1.54) is 23.0 Å². The summed E-state index contributed by atoms with van der Waals surface area (Å²) in [6.07, 6.45) is 1.36. The van der Waals surface area contributed by atoms with E-state index in [0.29, 0.717) is 16.9 Å². The zero-order chi connectivity index (χ0) is 18.0. The van der Waals surface area contributed by atoms with Crippen molar-refractivity contribution in [1.29, 1.82) is 0 Å². The maximum atomic E-state index is 10.7. The lowest BCUT2D eigenvalue weighted by Gasteiger charge is -2.02. The van der Waals surface area contributed by atoms with Crippen molar-refractivity contribution in [3.8, 4) is 17.3 Å². The van der Waals surface area contributed by atoms with Crippen molar-refractivity contribution in [2.24, 2.45) is 4.99 Å². The molecule has 2 aromatic carbocycles. The SMILES string of the molecule is Cc1nn(-c2ccccc2)c(O)c1/C=N/c1ccc([N+](=O)[O-])cc1O. The van der Waals surface area contributed by atoms with Crippen LogP contribution in [0.25, 0.3) is 5.69 Å². The molecule has 0 atom stereocenters. The molecule has 3 aromatic rings. The van der Waals surface area contributed by atoms with Crippen LogP contribution in [0.3, 0.4) is 0 Å². The minimum atomic E-state index is -0.604. The summed E-state index contributed by atoms with van der Waals surface area (Å²) in [6, 6.07) is 12.7. The second-order valence-corrected chi connectivity index (χ2v) is 5.26. The van der Waals surface area contributed by atoms with Crippen LogP contribution < -0.4 is 0 Å². The van der Waals surface area contributed by atoms with E-state index in [1.54, 1.807) is 19.1 Å². The van der Waals surface area contributed by atoms with Gasteiger partial charge in [0.2, 0.25) is 5.88 Å². The maximum Gasteiger partial charge on any atom is 0.273 e. The normalized spacial score (nSPS) is 11.1. The molecule has 0 fully saturated rings. The second kappa shape index (κ2) is 6.44. The Balaban J connectivity index is 1.95. The maximum absolute atomic E-state index is 10.7. The summed E-state index contributed by atoms with van der Waals surface area (Å²) in [6.45, 7) is 1.72. The molecule has 1 aromatic heterocycles. The Kier molecular flexibility index (Phi) is 4.17. The van der Waals surface area contributed by atoms with Crippen LogP contribution >= 0.6 is 0 Å². The van der Waals surface area contributed by atoms with Crippen molar-refractivity contribution >= 4 is 17.6 Å². The minimum Gasteiger partial charge on any atom is -0.505 e. The van der Waals surface area contributed by atoms with Gasteiger partial charge < -0.3 is 10.2 Å². The lowest BCUT2D eigenvalue weighted by Crippen LogP contribution is -1.95. The molecule has 0 amide bonds. The monoisotopic (exact) mass is 338 g/mol. The van der Waals surface area contributed by atoms with Gasteiger partial charge in [0.1, 0.15) is 11.4 Å². The number of phenolic OH excluding ortho intramolecular Hbond substituents is 1. The number of hydrogen-bond donors (Lipinski definition) is 2. The van der Waals surface area contributed by atoms with E-state index in [0.717, 1.165) is 6.07 Å². The highest BCUT2D eigenvalue weighted by atomic mass is 16.6. The number of nitrogens with zero attached hydrogens (tertiary/aromatic N) is 4. The van der Waals surface area contributed by atoms with Gasteiger partial charge in [0.15, 0.2) is 0 Å². The van der Waals surface area contributed by atoms with Gasteiger partial charge in [-0.3, -0.25) is 15.1 Å². The Morgan fingerprint density at radius 1 is 1.20 bits per heavy atom. The first-order chi connectivity index (χ1) is 12.0. The van der Waals surface area contributed by atoms with Crippen molar-refractivity contribution < 1.29 is 15.1 Å². The summed E-state index contributed by atoms with van der Waals surface area (Å²) >= 11 is 0. The van der Waals surface area contributed by atoms with Crippen LogP contribution in [0.4, 0.5) is 11.4 Å². The van der Waals surface area contributed by atoms with E-state index in [1.807, 2.05) is 18.2 Å². The average Bonchev–Trinajstić information content (AvgIpc) is 2.89. The molecule has 8 nitrogen and oxygen atoms in total. The van der Waals surface area contributed by atoms with Crippen LogP contribution in [0.5, 0.6) is 11.6 Å². The number of hydrogen-bond acceptors (Lipinski definition) is 6. The van der Waals surface area contributed by atoms with E-state index < -0.39 is 4.92 Å². The number of para-hydroxylation sites is 1. The van der Waals surface area contributed by atoms with Gasteiger partial charge in [0, 0.05) is 12.3 Å². The first kappa shape index (κ1) is 16.2. The number of non-ortho nitro benzene ring substituents is 1. The van der Waals surface area contributed by atoms with Gasteiger partial charge in [-0.25, -0.2) is 4.68 Å². The number of nitro groups is 1. The van der Waals surface area contributed by atoms with Gasteiger partial charge in [0.25, 0.3) is 5.69 Å². The van der Waals surface area contributed by atoms with Crippen molar-refractivity contribution in [2.75, 3.05) is 0 Å². The summed E-state index contributed by atoms with van der Waals surface area (Å²) < 4.78 is 1.38. The van der Waals surface area contributed by atoms with Crippen molar-refractivity contribution in [2.45, 2.75) is 6.92 Å². The lowest BCUT2D eigenvalue weighted by molar-refractivity contribution is -0.384. The predicted molar refractivity (Wildman–Crippen MR) is 92.0 cm³/mol. The number of aromatic hydroxyl groups is 2. The van der Waals surface area contributed by atoms with Crippen LogP contribution in [0.15, 0.2) is 53.5 Å². The summed E-state index contributed by atoms with van der Waals surface area (Å²) in [7, 11) is 0. The molecule has 0 aliphatic heterocycles. The number of nitro benzene ring substituents is 1. The van der Waals surface area contributed by atoms with Crippen molar-refractivity contribution in [3.05, 3.63) is 69.9 Å². The molecule has 0 radical (unpaired) electrons. The highest BCUT2D eigenvalue weighted by molar-refractivity contribution is 5.87. The summed E-state index contributed by atoms with van der Waals surface area (Å²) in [5, 5.41) is 35.2. The first-order valence-electron chi connectivity index (χ1n) is 7.33. The van der Waals surface area contributed by atoms with Crippen LogP contribution in [0.1, 0.15) is 11.3 Å². The fraction of sp³-hybridized carbons (Fsp3) is 0.0588. The third kappa shape index (κ3) is 3.18. The van der Waals surface area contributed by atoms with Gasteiger partial charge in [-0.15, -0.1) is 0 Å². The van der Waals surface area contributed by atoms with Crippen LogP contribution in [-0.2, 0) is 0 Å². The first-order valence-corrected chi connectivity index (χ1v) is 7.33. The van der Waals surface area contributed by atoms with E-state index in [4.69, 9.17) is 0 Å². The average molecular weight is 338 g/mol. The quantitative estimate of drug-likeness (QED) is 0.430. The van der Waals surface area contributed by atoms with E-state index in [9.17, 15) is 20.3 Å². The van der Waals surface area contributed by atoms with E-state index in [-0.39, 0.29) is 23.0 Å². The molecule has 2 N–H and O–H groups in total. The molecule has 0 saturated carbocycles. The Labute approximate surface area is 142 Å². The third-order valence-electron chi connectivity index (χ3n) is 3.58. The molecule has 0 bridgehead atoms. The van der Waals surface area contributed by atoms with E-state index in [2.05, 4.69) is 10.1 Å². The second-order valence-electron chi connectivity index (χ2n) is 5.26. The molecule has 0 aliphatic rings. The number of aryl methyl sites for hydroxylation is 1. The highest BCUT2D eigenvalue weighted by Crippen LogP contribution is 2.31. The lowest BCUT2D eigenvalue weighted by atomic mass is 10.2. The Hall–Kier alpha value is -3.68. The van der Waals surface area contributed by atoms with Gasteiger partial charge in [-0.1, -0.05) is 18.2 Å². The van der Waals surface area contributed by atoms with Gasteiger partial charge in [0.05, 0.1) is 27.9 Å². The Morgan fingerprint density at radius 3 is 2.56 bits per heavy atom. The zero-order valence-electron chi connectivity index (χ0n) is 13.2. The molecule has 3 rings (SSSR count). The van der Waals surface area contributed by atoms with Crippen LogP contribution in [0, 0.1) is 17.0 Å². The molecular formula is C17H14N4O4. The smallest absolute Gasteiger partial charge is 0.273 e. The van der Waals surface area contributed by atoms with E-state index >= 15 is 0 Å². The molecular weight excluding hydrogens is 324 g/mol. The van der Waals surface area contributed by atoms with Crippen LogP contribution in [0.2, 0.25) is 0 Å². The number of benzene rings is 2. The van der Waals surface area contributed by atoms with Crippen LogP contribution in [-0.4, -0.2) is 31.1 Å². The molecule has 25 heavy (non-hydrogen) atoms. The van der Waals surface area contributed by atoms with Gasteiger partial charge in [-0.05, 0) is 25.1 Å².